The second-order valence-corrected chi connectivity index (χ2v) is 3.91. The van der Waals surface area contributed by atoms with Crippen LogP contribution in [-0.2, 0) is 0 Å². The van der Waals surface area contributed by atoms with Crippen LogP contribution in [0.15, 0.2) is 24.3 Å². The number of nitrogens with one attached hydrogen (secondary N) is 1. The van der Waals surface area contributed by atoms with E-state index < -0.39 is 4.92 Å². The molecule has 0 aromatic heterocycles. The molecule has 1 N–H and O–H groups in total. The average molecular weight is 222 g/mol. The molecule has 0 aliphatic rings. The third kappa shape index (κ3) is 3.34. The van der Waals surface area contributed by atoms with Crippen molar-refractivity contribution in [2.75, 3.05) is 6.54 Å². The second kappa shape index (κ2) is 5.25. The molecule has 0 atom stereocenters. The van der Waals surface area contributed by atoms with E-state index in [1.54, 1.807) is 6.07 Å². The minimum atomic E-state index is -0.515. The van der Waals surface area contributed by atoms with Crippen LogP contribution in [-0.4, -0.2) is 17.4 Å². The number of hydrogen-bond acceptors (Lipinski definition) is 3. The molecule has 1 aromatic carbocycles. The van der Waals surface area contributed by atoms with Gasteiger partial charge >= 0.3 is 0 Å². The largest absolute Gasteiger partial charge is 0.352 e. The summed E-state index contributed by atoms with van der Waals surface area (Å²) in [7, 11) is 0. The topological polar surface area (TPSA) is 72.2 Å². The monoisotopic (exact) mass is 222 g/mol. The average Bonchev–Trinajstić information content (AvgIpc) is 2.26. The molecule has 5 nitrogen and oxygen atoms in total. The first-order valence-corrected chi connectivity index (χ1v) is 5.03. The van der Waals surface area contributed by atoms with Crippen molar-refractivity contribution in [3.63, 3.8) is 0 Å². The van der Waals surface area contributed by atoms with Crippen molar-refractivity contribution >= 4 is 11.6 Å². The maximum atomic E-state index is 11.6. The van der Waals surface area contributed by atoms with E-state index in [2.05, 4.69) is 5.32 Å². The quantitative estimate of drug-likeness (QED) is 0.625. The summed E-state index contributed by atoms with van der Waals surface area (Å²) in [6.45, 7) is 4.52. The summed E-state index contributed by atoms with van der Waals surface area (Å²) in [5.74, 6) is 0.0695. The van der Waals surface area contributed by atoms with Gasteiger partial charge in [-0.25, -0.2) is 0 Å². The lowest BCUT2D eigenvalue weighted by Crippen LogP contribution is -2.27. The molecule has 86 valence electrons. The Morgan fingerprint density at radius 3 is 2.75 bits per heavy atom. The normalized spacial score (nSPS) is 10.2. The zero-order chi connectivity index (χ0) is 12.1. The molecule has 1 aromatic rings. The standard InChI is InChI=1S/C11H14N2O3/c1-8(2)7-12-11(14)9-4-3-5-10(6-9)13(15)16/h3-6,8H,7H2,1-2H3,(H,12,14). The van der Waals surface area contributed by atoms with E-state index in [1.807, 2.05) is 13.8 Å². The van der Waals surface area contributed by atoms with Gasteiger partial charge in [-0.1, -0.05) is 19.9 Å². The molecule has 0 fully saturated rings. The van der Waals surface area contributed by atoms with Gasteiger partial charge < -0.3 is 5.32 Å². The van der Waals surface area contributed by atoms with Gasteiger partial charge in [0.05, 0.1) is 4.92 Å². The fourth-order valence-corrected chi connectivity index (χ4v) is 1.16. The molecule has 0 radical (unpaired) electrons. The van der Waals surface area contributed by atoms with Crippen LogP contribution in [0.2, 0.25) is 0 Å². The maximum absolute atomic E-state index is 11.6. The van der Waals surface area contributed by atoms with Crippen LogP contribution < -0.4 is 5.32 Å². The first kappa shape index (κ1) is 12.2. The Bertz CT molecular complexity index is 402. The third-order valence-electron chi connectivity index (χ3n) is 1.99. The summed E-state index contributed by atoms with van der Waals surface area (Å²) in [5.41, 5.74) is 0.243. The Morgan fingerprint density at radius 1 is 1.50 bits per heavy atom. The lowest BCUT2D eigenvalue weighted by Gasteiger charge is -2.07. The molecule has 0 spiro atoms. The molecule has 0 unspecified atom stereocenters. The molecule has 16 heavy (non-hydrogen) atoms. The highest BCUT2D eigenvalue weighted by atomic mass is 16.6. The Kier molecular flexibility index (Phi) is 3.99. The maximum Gasteiger partial charge on any atom is 0.270 e. The zero-order valence-electron chi connectivity index (χ0n) is 9.27. The van der Waals surface area contributed by atoms with Gasteiger partial charge in [0.1, 0.15) is 0 Å². The van der Waals surface area contributed by atoms with E-state index in [4.69, 9.17) is 0 Å². The van der Waals surface area contributed by atoms with Gasteiger partial charge in [0.15, 0.2) is 0 Å². The molecule has 0 saturated heterocycles. The molecule has 1 amide bonds. The summed E-state index contributed by atoms with van der Waals surface area (Å²) in [4.78, 5) is 21.6. The first-order chi connectivity index (χ1) is 7.50. The van der Waals surface area contributed by atoms with Crippen LogP contribution in [0.25, 0.3) is 0 Å². The predicted molar refractivity (Wildman–Crippen MR) is 60.3 cm³/mol. The number of amides is 1. The van der Waals surface area contributed by atoms with E-state index >= 15 is 0 Å². The van der Waals surface area contributed by atoms with E-state index in [0.717, 1.165) is 0 Å². The summed E-state index contributed by atoms with van der Waals surface area (Å²) < 4.78 is 0. The Labute approximate surface area is 93.6 Å². The van der Waals surface area contributed by atoms with Crippen LogP contribution in [0.1, 0.15) is 24.2 Å². The van der Waals surface area contributed by atoms with Crippen molar-refractivity contribution in [3.8, 4) is 0 Å². The summed E-state index contributed by atoms with van der Waals surface area (Å²) >= 11 is 0. The van der Waals surface area contributed by atoms with Gasteiger partial charge in [0.25, 0.3) is 11.6 Å². The number of carbonyl (C=O) groups is 1. The fraction of sp³-hybridized carbons (Fsp3) is 0.364. The van der Waals surface area contributed by atoms with Crippen molar-refractivity contribution in [3.05, 3.63) is 39.9 Å². The molecule has 0 bridgehead atoms. The van der Waals surface area contributed by atoms with Gasteiger partial charge in [-0.2, -0.15) is 0 Å². The molecule has 0 heterocycles. The van der Waals surface area contributed by atoms with E-state index in [-0.39, 0.29) is 11.6 Å². The van der Waals surface area contributed by atoms with Crippen LogP contribution in [0.3, 0.4) is 0 Å². The van der Waals surface area contributed by atoms with E-state index in [1.165, 1.54) is 18.2 Å². The number of nitro groups is 1. The number of hydrogen-bond donors (Lipinski definition) is 1. The van der Waals surface area contributed by atoms with Crippen LogP contribution in [0.5, 0.6) is 0 Å². The van der Waals surface area contributed by atoms with Gasteiger partial charge in [-0.05, 0) is 12.0 Å². The van der Waals surface area contributed by atoms with Gasteiger partial charge in [0.2, 0.25) is 0 Å². The summed E-state index contributed by atoms with van der Waals surface area (Å²) in [6, 6.07) is 5.69. The van der Waals surface area contributed by atoms with E-state index in [9.17, 15) is 14.9 Å². The molecular weight excluding hydrogens is 208 g/mol. The first-order valence-electron chi connectivity index (χ1n) is 5.03. The smallest absolute Gasteiger partial charge is 0.270 e. The van der Waals surface area contributed by atoms with Crippen LogP contribution >= 0.6 is 0 Å². The number of nitrogens with zero attached hydrogens (tertiary/aromatic N) is 1. The Balaban J connectivity index is 2.76. The molecular formula is C11H14N2O3. The van der Waals surface area contributed by atoms with Gasteiger partial charge in [-0.15, -0.1) is 0 Å². The lowest BCUT2D eigenvalue weighted by molar-refractivity contribution is -0.384. The number of non-ortho nitro benzene ring substituents is 1. The van der Waals surface area contributed by atoms with Crippen molar-refractivity contribution in [1.29, 1.82) is 0 Å². The van der Waals surface area contributed by atoms with Crippen molar-refractivity contribution in [1.82, 2.24) is 5.32 Å². The number of nitro benzene ring substituents is 1. The van der Waals surface area contributed by atoms with Crippen molar-refractivity contribution in [2.24, 2.45) is 5.92 Å². The predicted octanol–water partition coefficient (Wildman–Crippen LogP) is 1.98. The van der Waals surface area contributed by atoms with Crippen LogP contribution in [0, 0.1) is 16.0 Å². The Hall–Kier alpha value is -1.91. The number of benzene rings is 1. The summed E-state index contributed by atoms with van der Waals surface area (Å²) in [5, 5.41) is 13.2. The fourth-order valence-electron chi connectivity index (χ4n) is 1.16. The lowest BCUT2D eigenvalue weighted by atomic mass is 10.1. The third-order valence-corrected chi connectivity index (χ3v) is 1.99. The number of carbonyl (C=O) groups excluding carboxylic acids is 1. The highest BCUT2D eigenvalue weighted by Crippen LogP contribution is 2.12. The van der Waals surface area contributed by atoms with Crippen molar-refractivity contribution < 1.29 is 9.72 Å². The van der Waals surface area contributed by atoms with Gasteiger partial charge in [0, 0.05) is 24.2 Å². The summed E-state index contributed by atoms with van der Waals surface area (Å²) in [6.07, 6.45) is 0. The second-order valence-electron chi connectivity index (χ2n) is 3.91. The SMILES string of the molecule is CC(C)CNC(=O)c1cccc([N+](=O)[O-])c1. The highest BCUT2D eigenvalue weighted by Gasteiger charge is 2.11. The van der Waals surface area contributed by atoms with E-state index in [0.29, 0.717) is 18.0 Å². The molecule has 0 aliphatic heterocycles. The van der Waals surface area contributed by atoms with Crippen LogP contribution in [0.4, 0.5) is 5.69 Å². The van der Waals surface area contributed by atoms with Gasteiger partial charge in [-0.3, -0.25) is 14.9 Å². The molecule has 0 aliphatic carbocycles. The minimum Gasteiger partial charge on any atom is -0.352 e. The minimum absolute atomic E-state index is 0.0720. The Morgan fingerprint density at radius 2 is 2.19 bits per heavy atom. The molecule has 5 heteroatoms. The molecule has 0 saturated carbocycles. The highest BCUT2D eigenvalue weighted by molar-refractivity contribution is 5.94. The zero-order valence-corrected chi connectivity index (χ0v) is 9.27. The molecule has 1 rings (SSSR count). The number of rotatable bonds is 4. The van der Waals surface area contributed by atoms with Crippen molar-refractivity contribution in [2.45, 2.75) is 13.8 Å².